The average molecular weight is 491 g/mol. The Morgan fingerprint density at radius 3 is 2.77 bits per heavy atom. The van der Waals surface area contributed by atoms with E-state index in [1.54, 1.807) is 30.5 Å². The fourth-order valence-electron chi connectivity index (χ4n) is 4.64. The molecule has 0 radical (unpaired) electrons. The fraction of sp³-hybridized carbons (Fsp3) is 0.269. The molecule has 1 saturated heterocycles. The van der Waals surface area contributed by atoms with Gasteiger partial charge in [-0.2, -0.15) is 0 Å². The molecular formula is C26H26N4O4S. The van der Waals surface area contributed by atoms with Gasteiger partial charge in [0.15, 0.2) is 0 Å². The lowest BCUT2D eigenvalue weighted by Gasteiger charge is -2.33. The Bertz CT molecular complexity index is 1390. The highest BCUT2D eigenvalue weighted by Gasteiger charge is 2.28. The topological polar surface area (TPSA) is 115 Å². The minimum atomic E-state index is -3.60. The molecule has 1 fully saturated rings. The molecule has 180 valence electrons. The molecular weight excluding hydrogens is 464 g/mol. The maximum Gasteiger partial charge on any atom is 0.259 e. The summed E-state index contributed by atoms with van der Waals surface area (Å²) in [4.78, 5) is 19.5. The van der Waals surface area contributed by atoms with Gasteiger partial charge in [-0.15, -0.1) is 4.40 Å². The van der Waals surface area contributed by atoms with E-state index in [-0.39, 0.29) is 23.4 Å². The summed E-state index contributed by atoms with van der Waals surface area (Å²) in [6, 6.07) is 18.6. The molecule has 0 unspecified atom stereocenters. The Labute approximate surface area is 204 Å². The number of benzene rings is 2. The highest BCUT2D eigenvalue weighted by Crippen LogP contribution is 2.29. The van der Waals surface area contributed by atoms with Crippen molar-refractivity contribution in [3.63, 3.8) is 0 Å². The molecule has 0 bridgehead atoms. The molecule has 0 saturated carbocycles. The highest BCUT2D eigenvalue weighted by atomic mass is 32.2. The quantitative estimate of drug-likeness (QED) is 0.587. The van der Waals surface area contributed by atoms with Crippen LogP contribution in [0.5, 0.6) is 5.75 Å². The minimum absolute atomic E-state index is 0.0204. The Balaban J connectivity index is 1.27. The van der Waals surface area contributed by atoms with Crippen molar-refractivity contribution in [2.45, 2.75) is 18.6 Å². The van der Waals surface area contributed by atoms with E-state index < -0.39 is 10.0 Å². The van der Waals surface area contributed by atoms with Crippen LogP contribution in [0, 0.1) is 5.92 Å². The second-order valence-corrected chi connectivity index (χ2v) is 10.5. The van der Waals surface area contributed by atoms with Gasteiger partial charge < -0.3 is 15.4 Å². The number of carbonyl (C=O) groups is 1. The maximum atomic E-state index is 13.3. The maximum absolute atomic E-state index is 13.3. The van der Waals surface area contributed by atoms with E-state index in [1.807, 2.05) is 41.3 Å². The molecule has 2 aliphatic heterocycles. The van der Waals surface area contributed by atoms with E-state index in [0.29, 0.717) is 42.1 Å². The van der Waals surface area contributed by atoms with Crippen LogP contribution in [0.4, 0.5) is 0 Å². The summed E-state index contributed by atoms with van der Waals surface area (Å²) in [6.45, 7) is 1.66. The number of fused-ring (bicyclic) bond motifs is 1. The first-order valence-electron chi connectivity index (χ1n) is 11.5. The molecule has 8 nitrogen and oxygen atoms in total. The van der Waals surface area contributed by atoms with Crippen LogP contribution in [0.25, 0.3) is 11.3 Å². The SMILES string of the molecule is NC1=NS(=O)(=O)Cc2cccc(OC[C@H]3CCCN(C(=O)c4ccnc(-c5ccccc5)c4)C3)c21. The predicted octanol–water partition coefficient (Wildman–Crippen LogP) is 3.23. The number of hydrogen-bond acceptors (Lipinski definition) is 6. The standard InChI is InChI=1S/C26H26N4O4S/c27-25-24-21(17-35(32,33)29-25)9-4-10-23(24)34-16-18-6-5-13-30(15-18)26(31)20-11-12-28-22(14-20)19-7-2-1-3-8-19/h1-4,7-12,14,18H,5-6,13,15-17H2,(H2,27,29)/t18-/m0/s1. The van der Waals surface area contributed by atoms with E-state index in [4.69, 9.17) is 10.5 Å². The first kappa shape index (κ1) is 23.0. The summed E-state index contributed by atoms with van der Waals surface area (Å²) >= 11 is 0. The minimum Gasteiger partial charge on any atom is -0.492 e. The number of carbonyl (C=O) groups excluding carboxylic acids is 1. The third kappa shape index (κ3) is 5.05. The van der Waals surface area contributed by atoms with Gasteiger partial charge in [0.05, 0.1) is 23.6 Å². The van der Waals surface area contributed by atoms with E-state index in [0.717, 1.165) is 24.1 Å². The van der Waals surface area contributed by atoms with Gasteiger partial charge in [0, 0.05) is 36.3 Å². The van der Waals surface area contributed by atoms with E-state index >= 15 is 0 Å². The summed E-state index contributed by atoms with van der Waals surface area (Å²) in [6.07, 6.45) is 3.48. The monoisotopic (exact) mass is 490 g/mol. The van der Waals surface area contributed by atoms with Crippen LogP contribution >= 0.6 is 0 Å². The zero-order valence-corrected chi connectivity index (χ0v) is 19.9. The van der Waals surface area contributed by atoms with Crippen LogP contribution in [0.2, 0.25) is 0 Å². The van der Waals surface area contributed by atoms with Crippen molar-refractivity contribution in [1.82, 2.24) is 9.88 Å². The molecule has 9 heteroatoms. The number of hydrogen-bond donors (Lipinski definition) is 1. The zero-order chi connectivity index (χ0) is 24.4. The van der Waals surface area contributed by atoms with Gasteiger partial charge in [0.2, 0.25) is 0 Å². The predicted molar refractivity (Wildman–Crippen MR) is 134 cm³/mol. The summed E-state index contributed by atoms with van der Waals surface area (Å²) in [7, 11) is -3.60. The normalized spacial score (nSPS) is 18.9. The molecule has 3 heterocycles. The Morgan fingerprint density at radius 1 is 1.11 bits per heavy atom. The molecule has 2 aliphatic rings. The zero-order valence-electron chi connectivity index (χ0n) is 19.1. The number of rotatable bonds is 5. The van der Waals surface area contributed by atoms with Crippen LogP contribution in [0.1, 0.15) is 34.3 Å². The Hall–Kier alpha value is -3.72. The number of aromatic nitrogens is 1. The molecule has 1 aromatic heterocycles. The molecule has 35 heavy (non-hydrogen) atoms. The van der Waals surface area contributed by atoms with Crippen molar-refractivity contribution in [1.29, 1.82) is 0 Å². The molecule has 0 spiro atoms. The van der Waals surface area contributed by atoms with Crippen LogP contribution in [0.3, 0.4) is 0 Å². The molecule has 2 N–H and O–H groups in total. The lowest BCUT2D eigenvalue weighted by atomic mass is 9.98. The van der Waals surface area contributed by atoms with Crippen LogP contribution < -0.4 is 10.5 Å². The van der Waals surface area contributed by atoms with Gasteiger partial charge in [0.1, 0.15) is 11.6 Å². The van der Waals surface area contributed by atoms with Gasteiger partial charge in [-0.3, -0.25) is 9.78 Å². The molecule has 1 atom stereocenters. The van der Waals surface area contributed by atoms with E-state index in [9.17, 15) is 13.2 Å². The lowest BCUT2D eigenvalue weighted by molar-refractivity contribution is 0.0633. The molecule has 1 amide bonds. The van der Waals surface area contributed by atoms with Crippen molar-refractivity contribution in [2.75, 3.05) is 19.7 Å². The number of nitrogens with two attached hydrogens (primary N) is 1. The third-order valence-electron chi connectivity index (χ3n) is 6.30. The van der Waals surface area contributed by atoms with Gasteiger partial charge in [-0.05, 0) is 36.6 Å². The summed E-state index contributed by atoms with van der Waals surface area (Å²) in [5, 5.41) is 0. The second kappa shape index (κ2) is 9.50. The van der Waals surface area contributed by atoms with Gasteiger partial charge in [-0.1, -0.05) is 42.5 Å². The largest absolute Gasteiger partial charge is 0.492 e. The number of pyridine rings is 1. The van der Waals surface area contributed by atoms with Crippen LogP contribution in [-0.2, 0) is 15.8 Å². The molecule has 3 aromatic rings. The van der Waals surface area contributed by atoms with E-state index in [2.05, 4.69) is 9.38 Å². The van der Waals surface area contributed by atoms with Crippen LogP contribution in [-0.4, -0.2) is 49.7 Å². The fourth-order valence-corrected chi connectivity index (χ4v) is 5.73. The summed E-state index contributed by atoms with van der Waals surface area (Å²) in [5.41, 5.74) is 9.42. The van der Waals surface area contributed by atoms with Crippen LogP contribution in [0.15, 0.2) is 71.3 Å². The smallest absolute Gasteiger partial charge is 0.259 e. The number of ether oxygens (including phenoxy) is 1. The summed E-state index contributed by atoms with van der Waals surface area (Å²) < 4.78 is 33.5. The molecule has 5 rings (SSSR count). The number of likely N-dealkylation sites (tertiary alicyclic amines) is 1. The number of sulfonamides is 1. The van der Waals surface area contributed by atoms with Crippen molar-refractivity contribution in [3.05, 3.63) is 83.6 Å². The molecule has 0 aliphatic carbocycles. The first-order chi connectivity index (χ1) is 16.9. The number of nitrogens with zero attached hydrogens (tertiary/aromatic N) is 3. The third-order valence-corrected chi connectivity index (χ3v) is 7.45. The lowest BCUT2D eigenvalue weighted by Crippen LogP contribution is -2.41. The second-order valence-electron chi connectivity index (χ2n) is 8.86. The van der Waals surface area contributed by atoms with E-state index in [1.165, 1.54) is 0 Å². The van der Waals surface area contributed by atoms with Crippen molar-refractivity contribution < 1.29 is 17.9 Å². The summed E-state index contributed by atoms with van der Waals surface area (Å²) in [5.74, 6) is 0.401. The first-order valence-corrected chi connectivity index (χ1v) is 13.1. The van der Waals surface area contributed by atoms with Crippen molar-refractivity contribution in [2.24, 2.45) is 16.0 Å². The average Bonchev–Trinajstić information content (AvgIpc) is 2.87. The number of amides is 1. The van der Waals surface area contributed by atoms with Gasteiger partial charge in [0.25, 0.3) is 15.9 Å². The number of piperidine rings is 1. The molecule has 2 aromatic carbocycles. The van der Waals surface area contributed by atoms with Gasteiger partial charge in [-0.25, -0.2) is 8.42 Å². The Kier molecular flexibility index (Phi) is 6.25. The van der Waals surface area contributed by atoms with Crippen molar-refractivity contribution in [3.8, 4) is 17.0 Å². The highest BCUT2D eigenvalue weighted by molar-refractivity contribution is 7.89. The van der Waals surface area contributed by atoms with Gasteiger partial charge >= 0.3 is 0 Å². The Morgan fingerprint density at radius 2 is 1.94 bits per heavy atom. The van der Waals surface area contributed by atoms with Crippen molar-refractivity contribution >= 4 is 21.8 Å². The number of amidine groups is 1.